The zero-order chi connectivity index (χ0) is 14.9. The van der Waals surface area contributed by atoms with Gasteiger partial charge in [0.25, 0.3) is 0 Å². The van der Waals surface area contributed by atoms with Crippen LogP contribution < -0.4 is 0 Å². The third-order valence-corrected chi connectivity index (χ3v) is 2.96. The molecule has 0 heterocycles. The number of halogens is 5. The van der Waals surface area contributed by atoms with E-state index in [1.165, 1.54) is 0 Å². The van der Waals surface area contributed by atoms with Crippen LogP contribution in [0.25, 0.3) is 0 Å². The predicted octanol–water partition coefficient (Wildman–Crippen LogP) is 4.32. The van der Waals surface area contributed by atoms with Gasteiger partial charge in [-0.3, -0.25) is 4.79 Å². The fraction of sp³-hybridized carbons (Fsp3) is 0.0714. The molecule has 0 aromatic heterocycles. The lowest BCUT2D eigenvalue weighted by molar-refractivity contribution is 0.0987. The number of rotatable bonds is 3. The first kappa shape index (κ1) is 14.5. The van der Waals surface area contributed by atoms with Crippen molar-refractivity contribution in [3.05, 3.63) is 69.8 Å². The third kappa shape index (κ3) is 2.99. The van der Waals surface area contributed by atoms with E-state index in [9.17, 15) is 22.4 Å². The molecule has 0 atom stereocenters. The van der Waals surface area contributed by atoms with Crippen LogP contribution in [0.4, 0.5) is 17.6 Å². The third-order valence-electron chi connectivity index (χ3n) is 2.67. The van der Waals surface area contributed by atoms with Gasteiger partial charge in [-0.25, -0.2) is 17.6 Å². The van der Waals surface area contributed by atoms with Crippen molar-refractivity contribution < 1.29 is 22.4 Å². The number of hydrogen-bond donors (Lipinski definition) is 0. The molecule has 0 bridgehead atoms. The topological polar surface area (TPSA) is 17.1 Å². The first-order valence-corrected chi connectivity index (χ1v) is 5.88. The van der Waals surface area contributed by atoms with E-state index >= 15 is 0 Å². The Morgan fingerprint density at radius 3 is 2.35 bits per heavy atom. The Morgan fingerprint density at radius 2 is 1.65 bits per heavy atom. The van der Waals surface area contributed by atoms with Gasteiger partial charge in [0.15, 0.2) is 5.78 Å². The summed E-state index contributed by atoms with van der Waals surface area (Å²) < 4.78 is 53.1. The van der Waals surface area contributed by atoms with Gasteiger partial charge < -0.3 is 0 Å². The fourth-order valence-electron chi connectivity index (χ4n) is 1.68. The molecule has 0 aliphatic carbocycles. The molecule has 0 saturated carbocycles. The molecule has 2 rings (SSSR count). The Bertz CT molecular complexity index is 685. The van der Waals surface area contributed by atoms with Crippen LogP contribution in [0.5, 0.6) is 0 Å². The zero-order valence-corrected chi connectivity index (χ0v) is 10.6. The largest absolute Gasteiger partial charge is 0.294 e. The average Bonchev–Trinajstić information content (AvgIpc) is 2.38. The quantitative estimate of drug-likeness (QED) is 0.469. The number of Topliss-reactive ketones (excluding diaryl/α,β-unsaturated/α-hetero) is 1. The first-order valence-electron chi connectivity index (χ1n) is 5.50. The molecule has 6 heteroatoms. The maximum Gasteiger partial charge on any atom is 0.170 e. The van der Waals surface area contributed by atoms with Crippen LogP contribution in [0.1, 0.15) is 15.9 Å². The summed E-state index contributed by atoms with van der Waals surface area (Å²) in [6.45, 7) is 0. The maximum absolute atomic E-state index is 13.5. The van der Waals surface area contributed by atoms with E-state index in [4.69, 9.17) is 11.6 Å². The molecule has 0 amide bonds. The smallest absolute Gasteiger partial charge is 0.170 e. The second kappa shape index (κ2) is 5.63. The summed E-state index contributed by atoms with van der Waals surface area (Å²) >= 11 is 5.36. The van der Waals surface area contributed by atoms with Crippen molar-refractivity contribution in [2.45, 2.75) is 6.42 Å². The van der Waals surface area contributed by atoms with Crippen LogP contribution in [0.15, 0.2) is 30.3 Å². The van der Waals surface area contributed by atoms with E-state index in [0.717, 1.165) is 18.2 Å². The van der Waals surface area contributed by atoms with E-state index in [0.29, 0.717) is 12.1 Å². The Morgan fingerprint density at radius 1 is 0.950 bits per heavy atom. The molecular weight excluding hydrogens is 296 g/mol. The lowest BCUT2D eigenvalue weighted by Crippen LogP contribution is -2.08. The van der Waals surface area contributed by atoms with Crippen LogP contribution in [-0.4, -0.2) is 5.78 Å². The van der Waals surface area contributed by atoms with E-state index in [-0.39, 0.29) is 5.56 Å². The fourth-order valence-corrected chi connectivity index (χ4v) is 1.83. The molecule has 0 N–H and O–H groups in total. The molecule has 0 unspecified atom stereocenters. The number of benzene rings is 2. The highest BCUT2D eigenvalue weighted by atomic mass is 35.5. The maximum atomic E-state index is 13.5. The number of carbonyl (C=O) groups is 1. The number of carbonyl (C=O) groups excluding carboxylic acids is 1. The lowest BCUT2D eigenvalue weighted by atomic mass is 10.0. The van der Waals surface area contributed by atoms with E-state index in [2.05, 4.69) is 0 Å². The molecule has 0 radical (unpaired) electrons. The van der Waals surface area contributed by atoms with E-state index in [1.807, 2.05) is 0 Å². The minimum atomic E-state index is -1.02. The van der Waals surface area contributed by atoms with Crippen molar-refractivity contribution in [2.75, 3.05) is 0 Å². The van der Waals surface area contributed by atoms with Gasteiger partial charge in [0, 0.05) is 6.42 Å². The monoisotopic (exact) mass is 302 g/mol. The van der Waals surface area contributed by atoms with Gasteiger partial charge in [-0.2, -0.15) is 0 Å². The normalized spacial score (nSPS) is 10.7. The van der Waals surface area contributed by atoms with Gasteiger partial charge in [-0.05, 0) is 35.9 Å². The Balaban J connectivity index is 2.33. The zero-order valence-electron chi connectivity index (χ0n) is 9.89. The van der Waals surface area contributed by atoms with Gasteiger partial charge >= 0.3 is 0 Å². The molecular formula is C14H7ClF4O. The summed E-state index contributed by atoms with van der Waals surface area (Å²) in [4.78, 5) is 11.8. The summed E-state index contributed by atoms with van der Waals surface area (Å²) in [6.07, 6.45) is -0.582. The predicted molar refractivity (Wildman–Crippen MR) is 65.8 cm³/mol. The molecule has 1 nitrogen and oxygen atoms in total. The van der Waals surface area contributed by atoms with Gasteiger partial charge in [0.2, 0.25) is 0 Å². The SMILES string of the molecule is O=C(Cc1cc(F)ccc1F)c1cc(F)c(Cl)cc1F. The number of ketones is 1. The minimum absolute atomic E-state index is 0.232. The lowest BCUT2D eigenvalue weighted by Gasteiger charge is -2.05. The summed E-state index contributed by atoms with van der Waals surface area (Å²) in [5.41, 5.74) is -0.791. The number of hydrogen-bond acceptors (Lipinski definition) is 1. The Hall–Kier alpha value is -1.88. The standard InChI is InChI=1S/C14H7ClF4O/c15-10-6-12(18)9(5-13(10)19)14(20)4-7-3-8(16)1-2-11(7)17/h1-3,5-6H,4H2. The van der Waals surface area contributed by atoms with Crippen molar-refractivity contribution in [1.29, 1.82) is 0 Å². The molecule has 0 spiro atoms. The molecule has 104 valence electrons. The van der Waals surface area contributed by atoms with Gasteiger partial charge in [0.05, 0.1) is 10.6 Å². The highest BCUT2D eigenvalue weighted by molar-refractivity contribution is 6.30. The van der Waals surface area contributed by atoms with Crippen molar-refractivity contribution in [1.82, 2.24) is 0 Å². The van der Waals surface area contributed by atoms with Crippen LogP contribution in [0.2, 0.25) is 5.02 Å². The summed E-state index contributed by atoms with van der Waals surface area (Å²) in [5.74, 6) is -4.37. The summed E-state index contributed by atoms with van der Waals surface area (Å²) in [5, 5.41) is -0.462. The van der Waals surface area contributed by atoms with Crippen molar-refractivity contribution in [3.63, 3.8) is 0 Å². The molecule has 2 aromatic carbocycles. The van der Waals surface area contributed by atoms with Crippen molar-refractivity contribution in [3.8, 4) is 0 Å². The van der Waals surface area contributed by atoms with Crippen LogP contribution in [0.3, 0.4) is 0 Å². The molecule has 0 aliphatic rings. The van der Waals surface area contributed by atoms with Crippen LogP contribution in [-0.2, 0) is 6.42 Å². The Kier molecular flexibility index (Phi) is 4.09. The Labute approximate surface area is 116 Å². The van der Waals surface area contributed by atoms with Gasteiger partial charge in [-0.1, -0.05) is 11.6 Å². The average molecular weight is 303 g/mol. The molecule has 0 saturated heterocycles. The molecule has 20 heavy (non-hydrogen) atoms. The van der Waals surface area contributed by atoms with E-state index in [1.54, 1.807) is 0 Å². The van der Waals surface area contributed by atoms with Crippen molar-refractivity contribution >= 4 is 17.4 Å². The van der Waals surface area contributed by atoms with Gasteiger partial charge in [0.1, 0.15) is 23.3 Å². The summed E-state index contributed by atoms with van der Waals surface area (Å²) in [6, 6.07) is 3.88. The second-order valence-corrected chi connectivity index (χ2v) is 4.49. The molecule has 0 fully saturated rings. The molecule has 0 aliphatic heterocycles. The van der Waals surface area contributed by atoms with Crippen molar-refractivity contribution in [2.24, 2.45) is 0 Å². The van der Waals surface area contributed by atoms with Crippen LogP contribution >= 0.6 is 11.6 Å². The van der Waals surface area contributed by atoms with E-state index < -0.39 is 46.1 Å². The molecule has 2 aromatic rings. The van der Waals surface area contributed by atoms with Gasteiger partial charge in [-0.15, -0.1) is 0 Å². The minimum Gasteiger partial charge on any atom is -0.294 e. The summed E-state index contributed by atoms with van der Waals surface area (Å²) in [7, 11) is 0. The van der Waals surface area contributed by atoms with Crippen LogP contribution in [0, 0.1) is 23.3 Å². The highest BCUT2D eigenvalue weighted by Gasteiger charge is 2.17. The first-order chi connectivity index (χ1) is 9.38. The highest BCUT2D eigenvalue weighted by Crippen LogP contribution is 2.21. The second-order valence-electron chi connectivity index (χ2n) is 4.08.